The van der Waals surface area contributed by atoms with Crippen molar-refractivity contribution in [2.75, 3.05) is 11.9 Å². The molecule has 3 aromatic heterocycles. The molecule has 0 spiro atoms. The number of H-pyrrole nitrogens is 1. The first-order valence-corrected chi connectivity index (χ1v) is 6.68. The van der Waals surface area contributed by atoms with Gasteiger partial charge in [-0.15, -0.1) is 0 Å². The van der Waals surface area contributed by atoms with Crippen molar-refractivity contribution in [3.63, 3.8) is 0 Å². The maximum atomic E-state index is 13.2. The Morgan fingerprint density at radius 3 is 3.00 bits per heavy atom. The van der Waals surface area contributed by atoms with E-state index in [2.05, 4.69) is 30.8 Å². The molecule has 2 amide bonds. The Morgan fingerprint density at radius 1 is 1.36 bits per heavy atom. The summed E-state index contributed by atoms with van der Waals surface area (Å²) in [5.74, 6) is -0.175. The van der Waals surface area contributed by atoms with Gasteiger partial charge in [-0.2, -0.15) is 9.49 Å². The van der Waals surface area contributed by atoms with Gasteiger partial charge in [0.05, 0.1) is 5.52 Å². The SMILES string of the molecule is CCNC(=O)Nc1cc2[nH]nc(-c3ccnc(F)c3)c2cn1. The van der Waals surface area contributed by atoms with Crippen LogP contribution in [0.15, 0.2) is 30.6 Å². The molecule has 0 fully saturated rings. The third-order valence-electron chi connectivity index (χ3n) is 3.03. The van der Waals surface area contributed by atoms with Crippen molar-refractivity contribution < 1.29 is 9.18 Å². The Balaban J connectivity index is 1.94. The number of halogens is 1. The van der Waals surface area contributed by atoms with Crippen molar-refractivity contribution in [3.8, 4) is 11.3 Å². The Morgan fingerprint density at radius 2 is 2.23 bits per heavy atom. The first-order chi connectivity index (χ1) is 10.7. The minimum absolute atomic E-state index is 0.328. The van der Waals surface area contributed by atoms with E-state index in [1.54, 1.807) is 18.3 Å². The molecule has 3 aromatic rings. The summed E-state index contributed by atoms with van der Waals surface area (Å²) in [6.07, 6.45) is 2.96. The molecular weight excluding hydrogens is 287 g/mol. The van der Waals surface area contributed by atoms with Crippen LogP contribution in [0.2, 0.25) is 0 Å². The highest BCUT2D eigenvalue weighted by atomic mass is 19.1. The largest absolute Gasteiger partial charge is 0.338 e. The van der Waals surface area contributed by atoms with Gasteiger partial charge in [0.25, 0.3) is 0 Å². The third-order valence-corrected chi connectivity index (χ3v) is 3.03. The summed E-state index contributed by atoms with van der Waals surface area (Å²) in [7, 11) is 0. The second kappa shape index (κ2) is 5.76. The average molecular weight is 300 g/mol. The van der Waals surface area contributed by atoms with Crippen molar-refractivity contribution >= 4 is 22.8 Å². The van der Waals surface area contributed by atoms with E-state index in [1.165, 1.54) is 12.3 Å². The fraction of sp³-hybridized carbons (Fsp3) is 0.143. The lowest BCUT2D eigenvalue weighted by molar-refractivity contribution is 0.252. The minimum Gasteiger partial charge on any atom is -0.338 e. The molecule has 0 unspecified atom stereocenters. The van der Waals surface area contributed by atoms with Gasteiger partial charge in [0.1, 0.15) is 11.5 Å². The van der Waals surface area contributed by atoms with E-state index in [0.717, 1.165) is 5.39 Å². The number of nitrogens with zero attached hydrogens (tertiary/aromatic N) is 3. The Bertz CT molecular complexity index is 831. The molecule has 22 heavy (non-hydrogen) atoms. The Hall–Kier alpha value is -3.03. The number of hydrogen-bond donors (Lipinski definition) is 3. The summed E-state index contributed by atoms with van der Waals surface area (Å²) in [6.45, 7) is 2.35. The molecule has 0 aliphatic rings. The topological polar surface area (TPSA) is 95.6 Å². The van der Waals surface area contributed by atoms with Gasteiger partial charge in [0.15, 0.2) is 0 Å². The number of nitrogens with one attached hydrogen (secondary N) is 3. The van der Waals surface area contributed by atoms with Crippen molar-refractivity contribution in [1.29, 1.82) is 0 Å². The van der Waals surface area contributed by atoms with Gasteiger partial charge in [0.2, 0.25) is 5.95 Å². The number of carbonyl (C=O) groups is 1. The van der Waals surface area contributed by atoms with Crippen LogP contribution in [0.25, 0.3) is 22.2 Å². The van der Waals surface area contributed by atoms with Crippen molar-refractivity contribution in [3.05, 3.63) is 36.5 Å². The molecule has 7 nitrogen and oxygen atoms in total. The van der Waals surface area contributed by atoms with E-state index in [0.29, 0.717) is 29.1 Å². The van der Waals surface area contributed by atoms with Crippen LogP contribution in [0.1, 0.15) is 6.92 Å². The summed E-state index contributed by atoms with van der Waals surface area (Å²) >= 11 is 0. The third kappa shape index (κ3) is 2.71. The zero-order valence-electron chi connectivity index (χ0n) is 11.7. The maximum absolute atomic E-state index is 13.2. The lowest BCUT2D eigenvalue weighted by Crippen LogP contribution is -2.28. The number of aromatic nitrogens is 4. The highest BCUT2D eigenvalue weighted by molar-refractivity contribution is 5.95. The molecule has 0 aliphatic carbocycles. The van der Waals surface area contributed by atoms with Crippen molar-refractivity contribution in [2.24, 2.45) is 0 Å². The van der Waals surface area contributed by atoms with Crippen LogP contribution >= 0.6 is 0 Å². The highest BCUT2D eigenvalue weighted by Crippen LogP contribution is 2.26. The lowest BCUT2D eigenvalue weighted by Gasteiger charge is -2.04. The number of fused-ring (bicyclic) bond motifs is 1. The number of amides is 2. The molecule has 0 bridgehead atoms. The highest BCUT2D eigenvalue weighted by Gasteiger charge is 2.11. The van der Waals surface area contributed by atoms with E-state index in [1.807, 2.05) is 6.92 Å². The molecule has 8 heteroatoms. The number of pyridine rings is 2. The second-order valence-corrected chi connectivity index (χ2v) is 4.54. The Labute approximate surface area is 125 Å². The Kier molecular flexibility index (Phi) is 3.65. The van der Waals surface area contributed by atoms with Crippen LogP contribution in [0.5, 0.6) is 0 Å². The van der Waals surface area contributed by atoms with Crippen molar-refractivity contribution in [1.82, 2.24) is 25.5 Å². The van der Waals surface area contributed by atoms with Crippen LogP contribution in [0.3, 0.4) is 0 Å². The van der Waals surface area contributed by atoms with Crippen molar-refractivity contribution in [2.45, 2.75) is 6.92 Å². The molecule has 0 saturated heterocycles. The summed E-state index contributed by atoms with van der Waals surface area (Å²) < 4.78 is 13.2. The number of anilines is 1. The molecule has 0 aliphatic heterocycles. The fourth-order valence-electron chi connectivity index (χ4n) is 2.07. The predicted molar refractivity (Wildman–Crippen MR) is 79.8 cm³/mol. The van der Waals surface area contributed by atoms with Gasteiger partial charge >= 0.3 is 6.03 Å². The summed E-state index contributed by atoms with van der Waals surface area (Å²) in [5.41, 5.74) is 1.87. The number of hydrogen-bond acceptors (Lipinski definition) is 4. The predicted octanol–water partition coefficient (Wildman–Crippen LogP) is 2.30. The van der Waals surface area contributed by atoms with Crippen LogP contribution in [0, 0.1) is 5.95 Å². The first-order valence-electron chi connectivity index (χ1n) is 6.68. The van der Waals surface area contributed by atoms with Gasteiger partial charge in [0, 0.05) is 42.0 Å². The quantitative estimate of drug-likeness (QED) is 0.647. The molecule has 3 rings (SSSR count). The molecule has 3 heterocycles. The number of rotatable bonds is 3. The monoisotopic (exact) mass is 300 g/mol. The number of aromatic amines is 1. The molecular formula is C14H13FN6O. The molecule has 0 aromatic carbocycles. The van der Waals surface area contributed by atoms with Gasteiger partial charge in [-0.25, -0.2) is 14.8 Å². The van der Waals surface area contributed by atoms with Gasteiger partial charge in [-0.3, -0.25) is 10.4 Å². The normalized spacial score (nSPS) is 10.6. The van der Waals surface area contributed by atoms with Crippen LogP contribution in [0.4, 0.5) is 15.0 Å². The second-order valence-electron chi connectivity index (χ2n) is 4.54. The van der Waals surface area contributed by atoms with E-state index >= 15 is 0 Å². The van der Waals surface area contributed by atoms with Gasteiger partial charge < -0.3 is 5.32 Å². The van der Waals surface area contributed by atoms with E-state index < -0.39 is 5.95 Å². The molecule has 3 N–H and O–H groups in total. The van der Waals surface area contributed by atoms with Crippen LogP contribution < -0.4 is 10.6 Å². The lowest BCUT2D eigenvalue weighted by atomic mass is 10.1. The molecule has 0 atom stereocenters. The zero-order chi connectivity index (χ0) is 15.5. The molecule has 0 radical (unpaired) electrons. The number of urea groups is 1. The molecule has 112 valence electrons. The van der Waals surface area contributed by atoms with Crippen LogP contribution in [-0.2, 0) is 0 Å². The van der Waals surface area contributed by atoms with E-state index in [4.69, 9.17) is 0 Å². The van der Waals surface area contributed by atoms with E-state index in [9.17, 15) is 9.18 Å². The summed E-state index contributed by atoms with van der Waals surface area (Å²) in [4.78, 5) is 19.2. The minimum atomic E-state index is -0.573. The first kappa shape index (κ1) is 13.9. The van der Waals surface area contributed by atoms with Gasteiger partial charge in [-0.05, 0) is 13.0 Å². The standard InChI is InChI=1S/C14H13FN6O/c1-2-16-14(22)19-12-6-10-9(7-18-12)13(21-20-10)8-3-4-17-11(15)5-8/h3-7H,2H2,1H3,(H,20,21)(H2,16,18,19,22). The maximum Gasteiger partial charge on any atom is 0.320 e. The fourth-order valence-corrected chi connectivity index (χ4v) is 2.07. The zero-order valence-corrected chi connectivity index (χ0v) is 11.7. The summed E-state index contributed by atoms with van der Waals surface area (Å²) in [5, 5.41) is 13.0. The molecule has 0 saturated carbocycles. The average Bonchev–Trinajstić information content (AvgIpc) is 2.90. The smallest absolute Gasteiger partial charge is 0.320 e. The number of carbonyl (C=O) groups excluding carboxylic acids is 1. The van der Waals surface area contributed by atoms with Crippen LogP contribution in [-0.4, -0.2) is 32.7 Å². The van der Waals surface area contributed by atoms with Gasteiger partial charge in [-0.1, -0.05) is 0 Å². The summed E-state index contributed by atoms with van der Waals surface area (Å²) in [6, 6.07) is 4.31. The van der Waals surface area contributed by atoms with E-state index in [-0.39, 0.29) is 6.03 Å².